The third-order valence-electron chi connectivity index (χ3n) is 3.91. The molecule has 1 aliphatic carbocycles. The Balaban J connectivity index is 2.05. The second-order valence-corrected chi connectivity index (χ2v) is 5.62. The van der Waals surface area contributed by atoms with Crippen LogP contribution in [0.25, 0.3) is 0 Å². The van der Waals surface area contributed by atoms with Crippen molar-refractivity contribution in [3.8, 4) is 11.5 Å². The lowest BCUT2D eigenvalue weighted by atomic mass is 10.1. The van der Waals surface area contributed by atoms with Crippen LogP contribution in [0.15, 0.2) is 18.2 Å². The van der Waals surface area contributed by atoms with Crippen LogP contribution in [-0.2, 0) is 9.53 Å². The summed E-state index contributed by atoms with van der Waals surface area (Å²) in [5, 5.41) is 11.7. The summed E-state index contributed by atoms with van der Waals surface area (Å²) in [5.74, 6) is -0.612. The Morgan fingerprint density at radius 2 is 2.04 bits per heavy atom. The monoisotopic (exact) mass is 337 g/mol. The van der Waals surface area contributed by atoms with E-state index in [0.717, 1.165) is 19.3 Å². The van der Waals surface area contributed by atoms with E-state index in [1.165, 1.54) is 0 Å². The van der Waals surface area contributed by atoms with Crippen molar-refractivity contribution in [2.75, 3.05) is 20.3 Å². The van der Waals surface area contributed by atoms with Crippen LogP contribution in [0.4, 0.5) is 0 Å². The predicted molar refractivity (Wildman–Crippen MR) is 86.6 cm³/mol. The number of hydrogen-bond acceptors (Lipinski definition) is 5. The predicted octanol–water partition coefficient (Wildman–Crippen LogP) is 1.85. The molecule has 0 radical (unpaired) electrons. The van der Waals surface area contributed by atoms with Crippen LogP contribution >= 0.6 is 0 Å². The lowest BCUT2D eigenvalue weighted by Gasteiger charge is -2.15. The first-order valence-electron chi connectivity index (χ1n) is 7.98. The van der Waals surface area contributed by atoms with Gasteiger partial charge >= 0.3 is 5.97 Å². The number of ether oxygens (including phenoxy) is 3. The number of carboxylic acids is 1. The number of carboxylic acid groups (broad SMARTS) is 1. The number of hydrogen-bond donors (Lipinski definition) is 2. The highest BCUT2D eigenvalue weighted by atomic mass is 16.5. The molecule has 1 aliphatic rings. The Bertz CT molecular complexity index is 588. The lowest BCUT2D eigenvalue weighted by molar-refractivity contribution is -0.139. The average molecular weight is 337 g/mol. The van der Waals surface area contributed by atoms with Crippen LogP contribution in [0.3, 0.4) is 0 Å². The molecule has 1 aromatic rings. The normalized spacial score (nSPS) is 19.8. The molecular weight excluding hydrogens is 314 g/mol. The molecule has 1 fully saturated rings. The molecule has 24 heavy (non-hydrogen) atoms. The zero-order valence-electron chi connectivity index (χ0n) is 13.9. The van der Waals surface area contributed by atoms with Crippen molar-refractivity contribution in [2.24, 2.45) is 0 Å². The molecule has 132 valence electrons. The molecule has 0 aliphatic heterocycles. The second-order valence-electron chi connectivity index (χ2n) is 5.62. The smallest absolute Gasteiger partial charge is 0.341 e. The van der Waals surface area contributed by atoms with Gasteiger partial charge in [-0.25, -0.2) is 4.79 Å². The van der Waals surface area contributed by atoms with Crippen LogP contribution in [0, 0.1) is 0 Å². The summed E-state index contributed by atoms with van der Waals surface area (Å²) in [4.78, 5) is 23.0. The maximum atomic E-state index is 12.4. The Labute approximate surface area is 140 Å². The van der Waals surface area contributed by atoms with Gasteiger partial charge in [-0.15, -0.1) is 0 Å². The number of carbonyl (C=O) groups excluding carboxylic acids is 1. The van der Waals surface area contributed by atoms with Crippen LogP contribution in [0.1, 0.15) is 36.5 Å². The number of rotatable bonds is 8. The Morgan fingerprint density at radius 1 is 1.25 bits per heavy atom. The van der Waals surface area contributed by atoms with Gasteiger partial charge in [-0.1, -0.05) is 0 Å². The first-order chi connectivity index (χ1) is 11.5. The third-order valence-corrected chi connectivity index (χ3v) is 3.91. The first kappa shape index (κ1) is 18.1. The van der Waals surface area contributed by atoms with E-state index in [1.54, 1.807) is 32.2 Å². The molecule has 2 unspecified atom stereocenters. The average Bonchev–Trinajstić information content (AvgIpc) is 3.01. The van der Waals surface area contributed by atoms with Gasteiger partial charge in [0, 0.05) is 18.7 Å². The largest absolute Gasteiger partial charge is 0.490 e. The van der Waals surface area contributed by atoms with Gasteiger partial charge in [-0.3, -0.25) is 4.79 Å². The summed E-state index contributed by atoms with van der Waals surface area (Å²) in [6, 6.07) is 4.81. The van der Waals surface area contributed by atoms with Gasteiger partial charge in [0.25, 0.3) is 5.91 Å². The maximum absolute atomic E-state index is 12.4. The van der Waals surface area contributed by atoms with Crippen LogP contribution < -0.4 is 14.8 Å². The molecular formula is C17H23NO6. The van der Waals surface area contributed by atoms with E-state index in [9.17, 15) is 9.59 Å². The van der Waals surface area contributed by atoms with Gasteiger partial charge in [0.15, 0.2) is 18.1 Å². The van der Waals surface area contributed by atoms with Gasteiger partial charge in [-0.05, 0) is 44.4 Å². The van der Waals surface area contributed by atoms with E-state index < -0.39 is 12.6 Å². The zero-order valence-corrected chi connectivity index (χ0v) is 13.9. The highest BCUT2D eigenvalue weighted by Crippen LogP contribution is 2.29. The number of methoxy groups -OCH3 is 1. The van der Waals surface area contributed by atoms with Gasteiger partial charge in [0.2, 0.25) is 0 Å². The summed E-state index contributed by atoms with van der Waals surface area (Å²) < 4.78 is 15.9. The number of nitrogens with one attached hydrogen (secondary N) is 1. The van der Waals surface area contributed by atoms with Gasteiger partial charge in [0.1, 0.15) is 0 Å². The topological polar surface area (TPSA) is 94.1 Å². The van der Waals surface area contributed by atoms with Crippen molar-refractivity contribution in [3.05, 3.63) is 23.8 Å². The number of carbonyl (C=O) groups is 2. The molecule has 2 N–H and O–H groups in total. The Kier molecular flexibility index (Phi) is 6.43. The molecule has 0 heterocycles. The van der Waals surface area contributed by atoms with Gasteiger partial charge < -0.3 is 24.6 Å². The molecule has 2 atom stereocenters. The number of aliphatic carboxylic acids is 1. The molecule has 2 rings (SSSR count). The quantitative estimate of drug-likeness (QED) is 0.752. The number of benzene rings is 1. The minimum absolute atomic E-state index is 0.0981. The van der Waals surface area contributed by atoms with Gasteiger partial charge in [0.05, 0.1) is 12.7 Å². The van der Waals surface area contributed by atoms with Crippen LogP contribution in [0.2, 0.25) is 0 Å². The fourth-order valence-corrected chi connectivity index (χ4v) is 2.73. The SMILES string of the molecule is CCOc1cc(C(=O)NC2CCC(OC)C2)ccc1OCC(=O)O. The zero-order chi connectivity index (χ0) is 17.5. The summed E-state index contributed by atoms with van der Waals surface area (Å²) in [5.41, 5.74) is 0.446. The van der Waals surface area contributed by atoms with Crippen molar-refractivity contribution >= 4 is 11.9 Å². The third kappa shape index (κ3) is 4.86. The first-order valence-corrected chi connectivity index (χ1v) is 7.98. The van der Waals surface area contributed by atoms with E-state index in [2.05, 4.69) is 5.32 Å². The van der Waals surface area contributed by atoms with Crippen LogP contribution in [-0.4, -0.2) is 49.5 Å². The Hall–Kier alpha value is -2.28. The summed E-state index contributed by atoms with van der Waals surface area (Å²) in [7, 11) is 1.68. The van der Waals surface area contributed by atoms with E-state index in [0.29, 0.717) is 23.7 Å². The number of amides is 1. The molecule has 0 bridgehead atoms. The van der Waals surface area contributed by atoms with Gasteiger partial charge in [-0.2, -0.15) is 0 Å². The summed E-state index contributed by atoms with van der Waals surface area (Å²) >= 11 is 0. The van der Waals surface area contributed by atoms with Crippen LogP contribution in [0.5, 0.6) is 11.5 Å². The minimum atomic E-state index is -1.08. The summed E-state index contributed by atoms with van der Waals surface area (Å²) in [6.45, 7) is 1.72. The molecule has 1 aromatic carbocycles. The van der Waals surface area contributed by atoms with E-state index in [-0.39, 0.29) is 18.1 Å². The van der Waals surface area contributed by atoms with E-state index in [1.807, 2.05) is 0 Å². The molecule has 0 saturated heterocycles. The highest BCUT2D eigenvalue weighted by molar-refractivity contribution is 5.95. The molecule has 1 saturated carbocycles. The molecule has 0 spiro atoms. The maximum Gasteiger partial charge on any atom is 0.341 e. The molecule has 7 heteroatoms. The van der Waals surface area contributed by atoms with Crippen molar-refractivity contribution in [1.82, 2.24) is 5.32 Å². The lowest BCUT2D eigenvalue weighted by Crippen LogP contribution is -2.33. The van der Waals surface area contributed by atoms with E-state index >= 15 is 0 Å². The minimum Gasteiger partial charge on any atom is -0.490 e. The fraction of sp³-hybridized carbons (Fsp3) is 0.529. The second kappa shape index (κ2) is 8.54. The molecule has 7 nitrogen and oxygen atoms in total. The highest BCUT2D eigenvalue weighted by Gasteiger charge is 2.26. The molecule has 1 amide bonds. The standard InChI is InChI=1S/C17H23NO6/c1-3-23-15-8-11(4-7-14(15)24-10-16(19)20)17(21)18-12-5-6-13(9-12)22-2/h4,7-8,12-13H,3,5-6,9-10H2,1-2H3,(H,18,21)(H,19,20). The molecule has 0 aromatic heterocycles. The fourth-order valence-electron chi connectivity index (χ4n) is 2.73. The summed E-state index contributed by atoms with van der Waals surface area (Å²) in [6.07, 6.45) is 2.83. The van der Waals surface area contributed by atoms with Crippen molar-refractivity contribution < 1.29 is 28.9 Å². The van der Waals surface area contributed by atoms with E-state index in [4.69, 9.17) is 19.3 Å². The Morgan fingerprint density at radius 3 is 2.67 bits per heavy atom. The van der Waals surface area contributed by atoms with Crippen molar-refractivity contribution in [1.29, 1.82) is 0 Å². The van der Waals surface area contributed by atoms with Crippen molar-refractivity contribution in [2.45, 2.75) is 38.3 Å². The van der Waals surface area contributed by atoms with Crippen molar-refractivity contribution in [3.63, 3.8) is 0 Å².